The monoisotopic (exact) mass is 679 g/mol. The van der Waals surface area contributed by atoms with Crippen LogP contribution in [-0.2, 0) is 19.2 Å². The van der Waals surface area contributed by atoms with E-state index in [0.29, 0.717) is 22.6 Å². The molecule has 0 bridgehead atoms. The number of β-lactam (4-membered cyclic amide) rings is 1. The molecule has 0 unspecified atom stereocenters. The Kier molecular flexibility index (Phi) is 11.4. The van der Waals surface area contributed by atoms with Gasteiger partial charge in [-0.1, -0.05) is 31.4 Å². The Morgan fingerprint density at radius 2 is 1.50 bits per heavy atom. The third-order valence-corrected chi connectivity index (χ3v) is 9.70. The fourth-order valence-electron chi connectivity index (χ4n) is 5.94. The van der Waals surface area contributed by atoms with E-state index >= 15 is 0 Å². The van der Waals surface area contributed by atoms with E-state index in [1.165, 1.54) is 53.4 Å². The maximum atomic E-state index is 13.6. The Labute approximate surface area is 280 Å². The maximum absolute atomic E-state index is 13.6. The van der Waals surface area contributed by atoms with Crippen LogP contribution < -0.4 is 20.3 Å². The zero-order valence-corrected chi connectivity index (χ0v) is 26.7. The zero-order valence-electron chi connectivity index (χ0n) is 25.9. The first kappa shape index (κ1) is 34.6. The van der Waals surface area contributed by atoms with Gasteiger partial charge in [-0.25, -0.2) is 13.6 Å². The van der Waals surface area contributed by atoms with Gasteiger partial charge < -0.3 is 25.4 Å². The lowest BCUT2D eigenvalue weighted by Gasteiger charge is -2.47. The van der Waals surface area contributed by atoms with E-state index in [0.717, 1.165) is 43.9 Å². The molecule has 2 aliphatic rings. The summed E-state index contributed by atoms with van der Waals surface area (Å²) in [7, 11) is 0. The number of carboxylic acids is 1. The van der Waals surface area contributed by atoms with Crippen molar-refractivity contribution in [3.63, 3.8) is 0 Å². The largest absolute Gasteiger partial charge is 0.484 e. The average Bonchev–Trinajstić information content (AvgIpc) is 3.09. The molecule has 0 aromatic heterocycles. The van der Waals surface area contributed by atoms with E-state index in [9.17, 15) is 37.9 Å². The van der Waals surface area contributed by atoms with Crippen LogP contribution in [0.3, 0.4) is 0 Å². The number of nitrogens with zero attached hydrogens (tertiary/aromatic N) is 1. The first-order chi connectivity index (χ1) is 23.1. The summed E-state index contributed by atoms with van der Waals surface area (Å²) in [6.45, 7) is -0.791. The van der Waals surface area contributed by atoms with E-state index in [4.69, 9.17) is 4.74 Å². The minimum atomic E-state index is -1.09. The number of benzene rings is 3. The van der Waals surface area contributed by atoms with E-state index < -0.39 is 59.9 Å². The zero-order chi connectivity index (χ0) is 34.2. The Bertz CT molecular complexity index is 1630. The second-order valence-electron chi connectivity index (χ2n) is 11.7. The number of rotatable bonds is 14. The van der Waals surface area contributed by atoms with Gasteiger partial charge in [0.25, 0.3) is 5.91 Å². The van der Waals surface area contributed by atoms with Crippen LogP contribution in [0.2, 0.25) is 0 Å². The molecule has 48 heavy (non-hydrogen) atoms. The van der Waals surface area contributed by atoms with Gasteiger partial charge >= 0.3 is 5.97 Å². The van der Waals surface area contributed by atoms with Crippen molar-refractivity contribution in [2.24, 2.45) is 5.92 Å². The summed E-state index contributed by atoms with van der Waals surface area (Å²) >= 11 is 1.16. The molecule has 1 heterocycles. The van der Waals surface area contributed by atoms with Crippen molar-refractivity contribution < 1.29 is 42.6 Å². The number of hydrogen-bond acceptors (Lipinski definition) is 7. The molecule has 2 fully saturated rings. The maximum Gasteiger partial charge on any atom is 0.326 e. The third kappa shape index (κ3) is 8.57. The van der Waals surface area contributed by atoms with E-state index in [1.807, 2.05) is 0 Å². The molecule has 3 N–H and O–H groups in total. The minimum Gasteiger partial charge on any atom is -0.484 e. The number of carboxylic acid groups (broad SMARTS) is 1. The Hall–Kier alpha value is -4.78. The number of carbonyl (C=O) groups is 5. The molecule has 1 saturated heterocycles. The number of halogens is 2. The number of thioether (sulfide) groups is 1. The summed E-state index contributed by atoms with van der Waals surface area (Å²) in [4.78, 5) is 64.0. The lowest BCUT2D eigenvalue weighted by atomic mass is 9.84. The molecule has 5 rings (SSSR count). The topological polar surface area (TPSA) is 142 Å². The predicted molar refractivity (Wildman–Crippen MR) is 175 cm³/mol. The summed E-state index contributed by atoms with van der Waals surface area (Å²) in [6.07, 6.45) is 4.35. The number of nitrogens with one attached hydrogen (secondary N) is 2. The van der Waals surface area contributed by atoms with E-state index in [-0.39, 0.29) is 23.4 Å². The summed E-state index contributed by atoms with van der Waals surface area (Å²) in [5.41, 5.74) is 1.53. The fourth-order valence-corrected chi connectivity index (χ4v) is 7.15. The molecule has 252 valence electrons. The molecule has 3 atom stereocenters. The highest BCUT2D eigenvalue weighted by molar-refractivity contribution is 8.01. The Morgan fingerprint density at radius 1 is 0.875 bits per heavy atom. The van der Waals surface area contributed by atoms with Crippen molar-refractivity contribution >= 4 is 46.9 Å². The molecular weight excluding hydrogens is 644 g/mol. The van der Waals surface area contributed by atoms with Gasteiger partial charge in [-0.15, -0.1) is 11.8 Å². The normalized spacial score (nSPS) is 18.4. The number of carbonyl (C=O) groups excluding carboxylic acids is 4. The first-order valence-corrected chi connectivity index (χ1v) is 16.7. The smallest absolute Gasteiger partial charge is 0.326 e. The molecule has 0 radical (unpaired) electrons. The van der Waals surface area contributed by atoms with Crippen LogP contribution in [0.1, 0.15) is 54.1 Å². The van der Waals surface area contributed by atoms with Crippen molar-refractivity contribution in [2.75, 3.05) is 23.8 Å². The molecule has 1 aliphatic carbocycles. The molecule has 0 spiro atoms. The van der Waals surface area contributed by atoms with Crippen molar-refractivity contribution in [2.45, 2.75) is 49.4 Å². The highest BCUT2D eigenvalue weighted by Crippen LogP contribution is 2.45. The van der Waals surface area contributed by atoms with E-state index in [1.54, 1.807) is 24.3 Å². The second kappa shape index (κ2) is 15.9. The van der Waals surface area contributed by atoms with Gasteiger partial charge in [0.2, 0.25) is 11.8 Å². The second-order valence-corrected chi connectivity index (χ2v) is 12.8. The lowest BCUT2D eigenvalue weighted by Crippen LogP contribution is -2.57. The average molecular weight is 680 g/mol. The minimum absolute atomic E-state index is 0.0122. The van der Waals surface area contributed by atoms with Crippen molar-refractivity contribution in [3.05, 3.63) is 95.6 Å². The molecule has 3 aromatic rings. The van der Waals surface area contributed by atoms with E-state index in [2.05, 4.69) is 10.6 Å². The molecular formula is C35H35F2N3O7S. The molecule has 10 nitrogen and oxygen atoms in total. The van der Waals surface area contributed by atoms with Crippen LogP contribution in [0, 0.1) is 17.6 Å². The molecule has 1 aliphatic heterocycles. The number of anilines is 1. The Morgan fingerprint density at radius 3 is 2.12 bits per heavy atom. The standard InChI is InChI=1S/C35H35F2N3O7S/c36-24-10-6-21(7-11-24)28(41)20-48-33-32(40(34(33)44)26-14-12-25(37)13-15-26)23-8-16-27(17-9-23)47-19-30(43)38-18-29(42)39-31(35(45)46)22-4-2-1-3-5-22/h6-17,22,31-33H,1-5,18-20H2,(H,38,43)(H,39,42)(H,45,46)/t31-,32-,33-/m1/s1. The SMILES string of the molecule is O=C(COc1ccc([C@@H]2[C@@H](SCC(=O)c3ccc(F)cc3)C(=O)N2c2ccc(F)cc2)cc1)NCC(=O)N[C@@H](C(=O)O)C1CCCCC1. The summed E-state index contributed by atoms with van der Waals surface area (Å²) in [5, 5.41) is 13.9. The number of ether oxygens (including phenoxy) is 1. The lowest BCUT2D eigenvalue weighted by molar-refractivity contribution is -0.143. The molecule has 1 saturated carbocycles. The number of Topliss-reactive ketones (excluding diaryl/α,β-unsaturated/α-hetero) is 1. The Balaban J connectivity index is 1.17. The van der Waals surface area contributed by atoms with Gasteiger partial charge in [0.1, 0.15) is 28.7 Å². The van der Waals surface area contributed by atoms with Gasteiger partial charge in [0.15, 0.2) is 12.4 Å². The van der Waals surface area contributed by atoms with Gasteiger partial charge in [-0.05, 0) is 85.0 Å². The fraction of sp³-hybridized carbons (Fsp3) is 0.343. The molecule has 13 heteroatoms. The summed E-state index contributed by atoms with van der Waals surface area (Å²) < 4.78 is 32.5. The van der Waals surface area contributed by atoms with Crippen molar-refractivity contribution in [1.29, 1.82) is 0 Å². The highest BCUT2D eigenvalue weighted by atomic mass is 32.2. The van der Waals surface area contributed by atoms with Gasteiger partial charge in [0.05, 0.1) is 18.3 Å². The number of aliphatic carboxylic acids is 1. The quantitative estimate of drug-likeness (QED) is 0.165. The van der Waals surface area contributed by atoms with Crippen LogP contribution in [0.15, 0.2) is 72.8 Å². The van der Waals surface area contributed by atoms with Gasteiger partial charge in [-0.3, -0.25) is 19.2 Å². The van der Waals surface area contributed by atoms with Gasteiger partial charge in [-0.2, -0.15) is 0 Å². The highest BCUT2D eigenvalue weighted by Gasteiger charge is 2.49. The predicted octanol–water partition coefficient (Wildman–Crippen LogP) is 4.68. The van der Waals surface area contributed by atoms with Gasteiger partial charge in [0, 0.05) is 11.3 Å². The number of ketones is 1. The third-order valence-electron chi connectivity index (χ3n) is 8.45. The van der Waals surface area contributed by atoms with Crippen LogP contribution in [0.4, 0.5) is 14.5 Å². The number of hydrogen-bond donors (Lipinski definition) is 3. The summed E-state index contributed by atoms with van der Waals surface area (Å²) in [5.74, 6) is -3.49. The first-order valence-electron chi connectivity index (χ1n) is 15.6. The van der Waals surface area contributed by atoms with Crippen molar-refractivity contribution in [3.8, 4) is 5.75 Å². The summed E-state index contributed by atoms with van der Waals surface area (Å²) in [6, 6.07) is 15.9. The van der Waals surface area contributed by atoms with Crippen LogP contribution >= 0.6 is 11.8 Å². The van der Waals surface area contributed by atoms with Crippen molar-refractivity contribution in [1.82, 2.24) is 10.6 Å². The molecule has 3 amide bonds. The van der Waals surface area contributed by atoms with Crippen LogP contribution in [0.25, 0.3) is 0 Å². The number of amides is 3. The van der Waals surface area contributed by atoms with Crippen LogP contribution in [0.5, 0.6) is 5.75 Å². The molecule has 3 aromatic carbocycles. The van der Waals surface area contributed by atoms with Crippen LogP contribution in [-0.4, -0.2) is 64.8 Å².